The van der Waals surface area contributed by atoms with Gasteiger partial charge in [-0.3, -0.25) is 9.89 Å². The number of aromatic nitrogens is 2. The second-order valence-corrected chi connectivity index (χ2v) is 6.15. The van der Waals surface area contributed by atoms with E-state index in [1.54, 1.807) is 0 Å². The molecule has 5 nitrogen and oxygen atoms in total. The van der Waals surface area contributed by atoms with E-state index >= 15 is 0 Å². The standard InChI is InChI=1S/C20H20N4O/c25-20(17-9-5-2-6-10-17)24-13-11-23(12-14-24)19-15-18(21-22-19)16-7-3-1-4-8-16/h1-10,15H,11-14H2,(H,21,22). The zero-order valence-corrected chi connectivity index (χ0v) is 13.9. The zero-order chi connectivity index (χ0) is 17.1. The van der Waals surface area contributed by atoms with Crippen molar-refractivity contribution in [2.75, 3.05) is 31.1 Å². The van der Waals surface area contributed by atoms with Gasteiger partial charge in [0.05, 0.1) is 5.69 Å². The summed E-state index contributed by atoms with van der Waals surface area (Å²) in [6, 6.07) is 21.7. The molecule has 1 fully saturated rings. The van der Waals surface area contributed by atoms with Crippen LogP contribution < -0.4 is 4.90 Å². The number of nitrogens with zero attached hydrogens (tertiary/aromatic N) is 3. The van der Waals surface area contributed by atoms with E-state index in [0.717, 1.165) is 35.7 Å². The van der Waals surface area contributed by atoms with Crippen molar-refractivity contribution in [3.63, 3.8) is 0 Å². The van der Waals surface area contributed by atoms with Gasteiger partial charge in [-0.05, 0) is 17.7 Å². The van der Waals surface area contributed by atoms with Gasteiger partial charge in [-0.2, -0.15) is 5.10 Å². The molecule has 1 amide bonds. The molecule has 126 valence electrons. The van der Waals surface area contributed by atoms with Crippen molar-refractivity contribution >= 4 is 11.7 Å². The van der Waals surface area contributed by atoms with E-state index in [2.05, 4.69) is 33.3 Å². The average molecular weight is 332 g/mol. The Kier molecular flexibility index (Phi) is 4.21. The molecule has 3 aromatic rings. The molecule has 1 aliphatic heterocycles. The van der Waals surface area contributed by atoms with Crippen molar-refractivity contribution < 1.29 is 4.79 Å². The van der Waals surface area contributed by atoms with Gasteiger partial charge in [-0.15, -0.1) is 0 Å². The van der Waals surface area contributed by atoms with Gasteiger partial charge in [0.1, 0.15) is 0 Å². The molecule has 1 N–H and O–H groups in total. The van der Waals surface area contributed by atoms with Crippen LogP contribution in [0.3, 0.4) is 0 Å². The highest BCUT2D eigenvalue weighted by Gasteiger charge is 2.23. The second kappa shape index (κ2) is 6.81. The van der Waals surface area contributed by atoms with Crippen LogP contribution in [-0.4, -0.2) is 47.2 Å². The molecule has 2 heterocycles. The Bertz CT molecular complexity index is 836. The Morgan fingerprint density at radius 2 is 1.52 bits per heavy atom. The topological polar surface area (TPSA) is 52.2 Å². The molecule has 0 aliphatic carbocycles. The third-order valence-electron chi connectivity index (χ3n) is 4.56. The van der Waals surface area contributed by atoms with Crippen LogP contribution in [0, 0.1) is 0 Å². The van der Waals surface area contributed by atoms with E-state index in [9.17, 15) is 4.79 Å². The van der Waals surface area contributed by atoms with Crippen LogP contribution in [0.2, 0.25) is 0 Å². The third kappa shape index (κ3) is 3.26. The first-order chi connectivity index (χ1) is 12.3. The van der Waals surface area contributed by atoms with Crippen molar-refractivity contribution in [1.29, 1.82) is 0 Å². The average Bonchev–Trinajstić information content (AvgIpc) is 3.19. The number of carbonyl (C=O) groups excluding carboxylic acids is 1. The zero-order valence-electron chi connectivity index (χ0n) is 13.9. The Morgan fingerprint density at radius 1 is 0.880 bits per heavy atom. The minimum Gasteiger partial charge on any atom is -0.352 e. The van der Waals surface area contributed by atoms with Crippen molar-refractivity contribution in [2.24, 2.45) is 0 Å². The fraction of sp³-hybridized carbons (Fsp3) is 0.200. The van der Waals surface area contributed by atoms with Gasteiger partial charge in [0.25, 0.3) is 5.91 Å². The van der Waals surface area contributed by atoms with E-state index in [0.29, 0.717) is 13.1 Å². The summed E-state index contributed by atoms with van der Waals surface area (Å²) in [5, 5.41) is 7.55. The van der Waals surface area contributed by atoms with E-state index in [1.165, 1.54) is 0 Å². The van der Waals surface area contributed by atoms with Crippen molar-refractivity contribution in [3.05, 3.63) is 72.3 Å². The van der Waals surface area contributed by atoms with Crippen LogP contribution in [0.5, 0.6) is 0 Å². The van der Waals surface area contributed by atoms with Crippen molar-refractivity contribution in [3.8, 4) is 11.3 Å². The molecule has 0 radical (unpaired) electrons. The molecule has 25 heavy (non-hydrogen) atoms. The quantitative estimate of drug-likeness (QED) is 0.802. The summed E-state index contributed by atoms with van der Waals surface area (Å²) in [5.41, 5.74) is 2.89. The Balaban J connectivity index is 1.41. The Morgan fingerprint density at radius 3 is 2.20 bits per heavy atom. The molecular weight excluding hydrogens is 312 g/mol. The molecule has 0 atom stereocenters. The summed E-state index contributed by atoms with van der Waals surface area (Å²) in [4.78, 5) is 16.7. The maximum absolute atomic E-state index is 12.5. The number of aromatic amines is 1. The molecule has 0 saturated carbocycles. The second-order valence-electron chi connectivity index (χ2n) is 6.15. The number of piperazine rings is 1. The molecule has 1 saturated heterocycles. The maximum atomic E-state index is 12.5. The number of H-pyrrole nitrogens is 1. The fourth-order valence-corrected chi connectivity index (χ4v) is 3.14. The van der Waals surface area contributed by atoms with Crippen LogP contribution >= 0.6 is 0 Å². The van der Waals surface area contributed by atoms with Crippen LogP contribution in [0.1, 0.15) is 10.4 Å². The number of benzene rings is 2. The highest BCUT2D eigenvalue weighted by molar-refractivity contribution is 5.94. The molecular formula is C20H20N4O. The number of anilines is 1. The minimum atomic E-state index is 0.104. The van der Waals surface area contributed by atoms with E-state index < -0.39 is 0 Å². The lowest BCUT2D eigenvalue weighted by molar-refractivity contribution is 0.0746. The van der Waals surface area contributed by atoms with Gasteiger partial charge in [-0.1, -0.05) is 48.5 Å². The number of rotatable bonds is 3. The molecule has 5 heteroatoms. The molecule has 2 aromatic carbocycles. The molecule has 1 aromatic heterocycles. The molecule has 1 aliphatic rings. The Labute approximate surface area is 146 Å². The molecule has 4 rings (SSSR count). The molecule has 0 bridgehead atoms. The monoisotopic (exact) mass is 332 g/mol. The summed E-state index contributed by atoms with van der Waals surface area (Å²) in [6.45, 7) is 3.00. The Hall–Kier alpha value is -3.08. The molecule has 0 unspecified atom stereocenters. The third-order valence-corrected chi connectivity index (χ3v) is 4.56. The van der Waals surface area contributed by atoms with Crippen molar-refractivity contribution in [2.45, 2.75) is 0 Å². The highest BCUT2D eigenvalue weighted by Crippen LogP contribution is 2.22. The van der Waals surface area contributed by atoms with Crippen LogP contribution in [0.25, 0.3) is 11.3 Å². The largest absolute Gasteiger partial charge is 0.352 e. The lowest BCUT2D eigenvalue weighted by atomic mass is 10.1. The number of nitrogens with one attached hydrogen (secondary N) is 1. The van der Waals surface area contributed by atoms with Crippen LogP contribution in [0.15, 0.2) is 66.7 Å². The van der Waals surface area contributed by atoms with Gasteiger partial charge < -0.3 is 9.80 Å². The first-order valence-electron chi connectivity index (χ1n) is 8.51. The number of hydrogen-bond donors (Lipinski definition) is 1. The predicted molar refractivity (Wildman–Crippen MR) is 98.6 cm³/mol. The van der Waals surface area contributed by atoms with E-state index in [4.69, 9.17) is 0 Å². The SMILES string of the molecule is O=C(c1ccccc1)N1CCN(c2cc(-c3ccccc3)[nH]n2)CC1. The van der Waals surface area contributed by atoms with Crippen LogP contribution in [0.4, 0.5) is 5.82 Å². The maximum Gasteiger partial charge on any atom is 0.253 e. The van der Waals surface area contributed by atoms with Gasteiger partial charge in [-0.25, -0.2) is 0 Å². The minimum absolute atomic E-state index is 0.104. The summed E-state index contributed by atoms with van der Waals surface area (Å²) in [6.07, 6.45) is 0. The first-order valence-corrected chi connectivity index (χ1v) is 8.51. The number of hydrogen-bond acceptors (Lipinski definition) is 3. The highest BCUT2D eigenvalue weighted by atomic mass is 16.2. The lowest BCUT2D eigenvalue weighted by Gasteiger charge is -2.34. The summed E-state index contributed by atoms with van der Waals surface area (Å²) >= 11 is 0. The predicted octanol–water partition coefficient (Wildman–Crippen LogP) is 3.04. The van der Waals surface area contributed by atoms with Gasteiger partial charge in [0.15, 0.2) is 5.82 Å². The van der Waals surface area contributed by atoms with Gasteiger partial charge >= 0.3 is 0 Å². The number of amides is 1. The van der Waals surface area contributed by atoms with Gasteiger partial charge in [0.2, 0.25) is 0 Å². The normalized spacial score (nSPS) is 14.6. The summed E-state index contributed by atoms with van der Waals surface area (Å²) in [5.74, 6) is 1.04. The summed E-state index contributed by atoms with van der Waals surface area (Å²) in [7, 11) is 0. The fourth-order valence-electron chi connectivity index (χ4n) is 3.14. The lowest BCUT2D eigenvalue weighted by Crippen LogP contribution is -2.48. The van der Waals surface area contributed by atoms with Crippen LogP contribution in [-0.2, 0) is 0 Å². The smallest absolute Gasteiger partial charge is 0.253 e. The van der Waals surface area contributed by atoms with Gasteiger partial charge in [0, 0.05) is 37.8 Å². The molecule has 0 spiro atoms. The summed E-state index contributed by atoms with van der Waals surface area (Å²) < 4.78 is 0. The van der Waals surface area contributed by atoms with E-state index in [1.807, 2.05) is 53.4 Å². The van der Waals surface area contributed by atoms with E-state index in [-0.39, 0.29) is 5.91 Å². The number of carbonyl (C=O) groups is 1. The first kappa shape index (κ1) is 15.4. The van der Waals surface area contributed by atoms with Crippen molar-refractivity contribution in [1.82, 2.24) is 15.1 Å².